The number of aliphatic hydroxyl groups excluding tert-OH is 2. The number of unbranched alkanes of at least 4 members (excludes halogenated alkanes) is 1. The van der Waals surface area contributed by atoms with Crippen molar-refractivity contribution in [1.29, 1.82) is 0 Å². The van der Waals surface area contributed by atoms with Crippen molar-refractivity contribution in [2.75, 3.05) is 42.7 Å². The van der Waals surface area contributed by atoms with Crippen LogP contribution in [0.15, 0.2) is 97.7 Å². The second-order valence-corrected chi connectivity index (χ2v) is 13.8. The highest BCUT2D eigenvalue weighted by molar-refractivity contribution is 6.10. The molecular weight excluding hydrogens is 684 g/mol. The maximum atomic E-state index is 14.2. The third kappa shape index (κ3) is 7.74. The molecule has 4 aromatic rings. The zero-order chi connectivity index (χ0) is 38.2. The summed E-state index contributed by atoms with van der Waals surface area (Å²) in [6.07, 6.45) is 9.61. The Labute approximate surface area is 316 Å². The second-order valence-electron chi connectivity index (χ2n) is 13.8. The fourth-order valence-corrected chi connectivity index (χ4v) is 7.39. The topological polar surface area (TPSA) is 153 Å². The maximum Gasteiger partial charge on any atom is 0.264 e. The number of carbonyl (C=O) groups is 2. The Kier molecular flexibility index (Phi) is 12.4. The van der Waals surface area contributed by atoms with Crippen molar-refractivity contribution in [1.82, 2.24) is 20.3 Å². The molecule has 0 spiro atoms. The molecule has 4 atom stereocenters. The van der Waals surface area contributed by atoms with E-state index in [1.807, 2.05) is 86.8 Å². The summed E-state index contributed by atoms with van der Waals surface area (Å²) in [4.78, 5) is 31.5. The van der Waals surface area contributed by atoms with Crippen molar-refractivity contribution in [2.24, 2.45) is 5.92 Å². The third-order valence-electron chi connectivity index (χ3n) is 10.3. The number of amides is 2. The fraction of sp³-hybridized carbons (Fsp3) is 0.381. The summed E-state index contributed by atoms with van der Waals surface area (Å²) in [5.74, 6) is -0.800. The number of ether oxygens (including phenoxy) is 1. The van der Waals surface area contributed by atoms with Crippen LogP contribution in [0.4, 0.5) is 17.1 Å². The van der Waals surface area contributed by atoms with Gasteiger partial charge in [0.2, 0.25) is 5.91 Å². The Morgan fingerprint density at radius 2 is 1.87 bits per heavy atom. The van der Waals surface area contributed by atoms with Gasteiger partial charge >= 0.3 is 0 Å². The Morgan fingerprint density at radius 1 is 1.07 bits per heavy atom. The van der Waals surface area contributed by atoms with Crippen molar-refractivity contribution < 1.29 is 29.6 Å². The molecule has 1 aromatic heterocycles. The molecule has 0 saturated heterocycles. The van der Waals surface area contributed by atoms with Gasteiger partial charge in [0.25, 0.3) is 5.91 Å². The molecule has 54 heavy (non-hydrogen) atoms. The number of aliphatic hydroxyl groups is 3. The van der Waals surface area contributed by atoms with Gasteiger partial charge in [-0.25, -0.2) is 0 Å². The van der Waals surface area contributed by atoms with E-state index in [1.165, 1.54) is 4.90 Å². The largest absolute Gasteiger partial charge is 0.494 e. The van der Waals surface area contributed by atoms with Gasteiger partial charge in [-0.15, -0.1) is 11.7 Å². The van der Waals surface area contributed by atoms with Crippen molar-refractivity contribution in [3.8, 4) is 5.75 Å². The number of aryl methyl sites for hydroxylation is 1. The minimum Gasteiger partial charge on any atom is -0.494 e. The smallest absolute Gasteiger partial charge is 0.264 e. The quantitative estimate of drug-likeness (QED) is 0.0838. The minimum absolute atomic E-state index is 0.0872. The Morgan fingerprint density at radius 3 is 2.61 bits per heavy atom. The lowest BCUT2D eigenvalue weighted by atomic mass is 9.82. The summed E-state index contributed by atoms with van der Waals surface area (Å²) in [7, 11) is 0. The molecule has 4 N–H and O–H groups in total. The van der Waals surface area contributed by atoms with Crippen LogP contribution in [-0.4, -0.2) is 81.1 Å². The average Bonchev–Trinajstić information content (AvgIpc) is 3.73. The molecule has 2 amide bonds. The predicted octanol–water partition coefficient (Wildman–Crippen LogP) is 4.76. The SMILES string of the molecule is C=CCN1C(=O)[C@](O)([C@H](C)/C=C/CCn2cc(C(CO)c3ccccc3)nn2)c2cc(N3C(=O)C(NCCCCO)Cc4cc(OCC)ccc43)ccc21. The van der Waals surface area contributed by atoms with Gasteiger partial charge in [-0.2, -0.15) is 0 Å². The van der Waals surface area contributed by atoms with Gasteiger partial charge < -0.3 is 30.3 Å². The highest BCUT2D eigenvalue weighted by Gasteiger charge is 2.52. The predicted molar refractivity (Wildman–Crippen MR) is 208 cm³/mol. The van der Waals surface area contributed by atoms with Crippen LogP contribution >= 0.6 is 0 Å². The monoisotopic (exact) mass is 734 g/mol. The third-order valence-corrected chi connectivity index (χ3v) is 10.3. The van der Waals surface area contributed by atoms with E-state index in [1.54, 1.807) is 27.8 Å². The lowest BCUT2D eigenvalue weighted by Gasteiger charge is -2.35. The number of nitrogens with zero attached hydrogens (tertiary/aromatic N) is 5. The standard InChI is InChI=1S/C42H50N6O6/c1-4-21-47-39-18-16-32(48-38-19-17-33(54-5-2)24-31(38)25-36(40(48)51)43-20-10-12-23-49)26-35(39)42(53,41(47)52)29(3)13-9-11-22-46-27-37(44-45-46)34(28-50)30-14-7-6-8-15-30/h4,6-9,13-19,24,26-27,29,34,36,43,49-50,53H,1,5,10-12,20-23,25,28H2,2-3H3/b13-9+/t29-,34?,36?,42+/m1/s1. The van der Waals surface area contributed by atoms with Crippen molar-refractivity contribution >= 4 is 28.9 Å². The first-order chi connectivity index (χ1) is 26.2. The summed E-state index contributed by atoms with van der Waals surface area (Å²) >= 11 is 0. The van der Waals surface area contributed by atoms with Gasteiger partial charge in [0, 0.05) is 43.1 Å². The van der Waals surface area contributed by atoms with Gasteiger partial charge in [-0.3, -0.25) is 19.2 Å². The summed E-state index contributed by atoms with van der Waals surface area (Å²) < 4.78 is 7.51. The second kappa shape index (κ2) is 17.3. The van der Waals surface area contributed by atoms with E-state index >= 15 is 0 Å². The molecule has 0 saturated carbocycles. The van der Waals surface area contributed by atoms with Crippen LogP contribution in [0.1, 0.15) is 61.4 Å². The number of carbonyl (C=O) groups excluding carboxylic acids is 2. The number of allylic oxidation sites excluding steroid dienone is 1. The van der Waals surface area contributed by atoms with E-state index < -0.39 is 23.5 Å². The molecule has 2 aliphatic heterocycles. The van der Waals surface area contributed by atoms with Gasteiger partial charge in [0.1, 0.15) is 5.75 Å². The van der Waals surface area contributed by atoms with Crippen LogP contribution in [0.5, 0.6) is 5.75 Å². The lowest BCUT2D eigenvalue weighted by Crippen LogP contribution is -2.49. The van der Waals surface area contributed by atoms with Crippen molar-refractivity contribution in [3.05, 3.63) is 120 Å². The number of fused-ring (bicyclic) bond motifs is 2. The number of benzene rings is 3. The number of nitrogens with one attached hydrogen (secondary N) is 1. The van der Waals surface area contributed by atoms with Crippen molar-refractivity contribution in [3.63, 3.8) is 0 Å². The van der Waals surface area contributed by atoms with E-state index in [9.17, 15) is 24.9 Å². The van der Waals surface area contributed by atoms with Crippen LogP contribution < -0.4 is 19.9 Å². The van der Waals surface area contributed by atoms with Crippen molar-refractivity contribution in [2.45, 2.75) is 63.6 Å². The zero-order valence-electron chi connectivity index (χ0n) is 31.0. The normalized spacial score (nSPS) is 19.2. The molecule has 0 bridgehead atoms. The molecule has 0 aliphatic carbocycles. The van der Waals surface area contributed by atoms with E-state index in [2.05, 4.69) is 22.2 Å². The first kappa shape index (κ1) is 38.6. The van der Waals surface area contributed by atoms with Crippen LogP contribution in [0.25, 0.3) is 0 Å². The van der Waals surface area contributed by atoms with Gasteiger partial charge in [-0.05, 0) is 86.7 Å². The lowest BCUT2D eigenvalue weighted by molar-refractivity contribution is -0.139. The summed E-state index contributed by atoms with van der Waals surface area (Å²) in [6.45, 7) is 9.37. The molecule has 3 heterocycles. The molecular formula is C42H50N6O6. The first-order valence-electron chi connectivity index (χ1n) is 18.7. The number of hydrogen-bond acceptors (Lipinski definition) is 9. The average molecular weight is 735 g/mol. The molecule has 3 aromatic carbocycles. The van der Waals surface area contributed by atoms with Gasteiger partial charge in [0.15, 0.2) is 5.60 Å². The van der Waals surface area contributed by atoms with Gasteiger partial charge in [-0.1, -0.05) is 60.7 Å². The minimum atomic E-state index is -1.91. The molecule has 6 rings (SSSR count). The van der Waals surface area contributed by atoms with E-state index in [-0.39, 0.29) is 31.6 Å². The van der Waals surface area contributed by atoms with Gasteiger partial charge in [0.05, 0.1) is 42.2 Å². The van der Waals surface area contributed by atoms with Crippen LogP contribution in [0, 0.1) is 5.92 Å². The molecule has 284 valence electrons. The molecule has 0 fully saturated rings. The molecule has 12 nitrogen and oxygen atoms in total. The van der Waals surface area contributed by atoms with E-state index in [0.717, 1.165) is 17.5 Å². The van der Waals surface area contributed by atoms with Crippen LogP contribution in [0.3, 0.4) is 0 Å². The zero-order valence-corrected chi connectivity index (χ0v) is 31.0. The van der Waals surface area contributed by atoms with Crippen LogP contribution in [-0.2, 0) is 28.2 Å². The van der Waals surface area contributed by atoms with Crippen LogP contribution in [0.2, 0.25) is 0 Å². The number of hydrogen-bond donors (Lipinski definition) is 4. The summed E-state index contributed by atoms with van der Waals surface area (Å²) in [5, 5.41) is 43.7. The van der Waals surface area contributed by atoms with E-state index in [4.69, 9.17) is 4.74 Å². The highest BCUT2D eigenvalue weighted by Crippen LogP contribution is 2.48. The Bertz CT molecular complexity index is 1960. The number of anilines is 3. The maximum absolute atomic E-state index is 14.2. The molecule has 2 aliphatic rings. The highest BCUT2D eigenvalue weighted by atomic mass is 16.5. The molecule has 2 unspecified atom stereocenters. The first-order valence-corrected chi connectivity index (χ1v) is 18.7. The number of aromatic nitrogens is 3. The van der Waals surface area contributed by atoms with E-state index in [0.29, 0.717) is 73.0 Å². The number of rotatable bonds is 18. The summed E-state index contributed by atoms with van der Waals surface area (Å²) in [5.41, 5.74) is 2.89. The molecule has 12 heteroatoms. The molecule has 0 radical (unpaired) electrons. The Balaban J connectivity index is 1.26. The fourth-order valence-electron chi connectivity index (χ4n) is 7.39. The Hall–Kier alpha value is -5.14. The summed E-state index contributed by atoms with van der Waals surface area (Å²) in [6, 6.07) is 20.2.